The molecule has 0 bridgehead atoms. The van der Waals surface area contributed by atoms with Crippen LogP contribution in [0.3, 0.4) is 0 Å². The largest absolute Gasteiger partial charge is 0.493 e. The number of nitrogens with one attached hydrogen (secondary N) is 1. The smallest absolute Gasteiger partial charge is 0.322 e. The minimum atomic E-state index is -0.0207. The first-order valence-electron chi connectivity index (χ1n) is 10.1. The van der Waals surface area contributed by atoms with Gasteiger partial charge >= 0.3 is 6.03 Å². The van der Waals surface area contributed by atoms with Crippen LogP contribution in [0.1, 0.15) is 36.8 Å². The molecule has 2 amide bonds. The number of ether oxygens (including phenoxy) is 2. The molecular weight excluding hydrogens is 352 g/mol. The predicted octanol–water partition coefficient (Wildman–Crippen LogP) is 3.83. The Morgan fingerprint density at radius 1 is 1.14 bits per heavy atom. The number of anilines is 1. The first-order chi connectivity index (χ1) is 13.7. The molecule has 5 rings (SSSR count). The van der Waals surface area contributed by atoms with Gasteiger partial charge in [-0.15, -0.1) is 0 Å². The molecule has 3 aliphatic heterocycles. The number of carbonyl (C=O) groups excluding carboxylic acids is 1. The summed E-state index contributed by atoms with van der Waals surface area (Å²) in [5.41, 5.74) is 3.53. The Morgan fingerprint density at radius 3 is 2.75 bits per heavy atom. The third-order valence-electron chi connectivity index (χ3n) is 6.61. The summed E-state index contributed by atoms with van der Waals surface area (Å²) < 4.78 is 11.4. The van der Waals surface area contributed by atoms with Crippen molar-refractivity contribution in [3.05, 3.63) is 59.7 Å². The second-order valence-electron chi connectivity index (χ2n) is 8.19. The van der Waals surface area contributed by atoms with Crippen molar-refractivity contribution in [2.45, 2.75) is 37.1 Å². The number of para-hydroxylation sites is 2. The molecule has 1 N–H and O–H groups in total. The summed E-state index contributed by atoms with van der Waals surface area (Å²) in [5.74, 6) is 1.11. The van der Waals surface area contributed by atoms with Crippen molar-refractivity contribution in [3.63, 3.8) is 0 Å². The van der Waals surface area contributed by atoms with E-state index in [-0.39, 0.29) is 23.4 Å². The number of fused-ring (bicyclic) bond motifs is 3. The Hall–Kier alpha value is -2.53. The minimum absolute atomic E-state index is 0.00504. The normalized spacial score (nSPS) is 23.0. The molecule has 1 fully saturated rings. The van der Waals surface area contributed by atoms with Gasteiger partial charge in [0.05, 0.1) is 6.61 Å². The highest BCUT2D eigenvalue weighted by Gasteiger charge is 2.45. The predicted molar refractivity (Wildman–Crippen MR) is 108 cm³/mol. The van der Waals surface area contributed by atoms with Crippen LogP contribution in [0.2, 0.25) is 0 Å². The molecule has 3 heterocycles. The lowest BCUT2D eigenvalue weighted by Gasteiger charge is -2.34. The van der Waals surface area contributed by atoms with Gasteiger partial charge in [-0.2, -0.15) is 0 Å². The van der Waals surface area contributed by atoms with E-state index >= 15 is 0 Å². The molecular formula is C23H26N2O3. The maximum absolute atomic E-state index is 13.3. The number of rotatable bonds is 2. The van der Waals surface area contributed by atoms with E-state index in [4.69, 9.17) is 9.47 Å². The maximum Gasteiger partial charge on any atom is 0.322 e. The third kappa shape index (κ3) is 2.76. The van der Waals surface area contributed by atoms with Crippen LogP contribution in [0.5, 0.6) is 5.75 Å². The fraction of sp³-hybridized carbons (Fsp3) is 0.435. The van der Waals surface area contributed by atoms with Gasteiger partial charge in [-0.05, 0) is 37.5 Å². The minimum Gasteiger partial charge on any atom is -0.493 e. The van der Waals surface area contributed by atoms with Crippen molar-refractivity contribution in [2.75, 3.05) is 31.3 Å². The summed E-state index contributed by atoms with van der Waals surface area (Å²) in [5, 5.41) is 3.24. The van der Waals surface area contributed by atoms with Crippen LogP contribution < -0.4 is 15.0 Å². The van der Waals surface area contributed by atoms with Crippen molar-refractivity contribution < 1.29 is 14.3 Å². The molecule has 2 atom stereocenters. The second-order valence-corrected chi connectivity index (χ2v) is 8.19. The highest BCUT2D eigenvalue weighted by Crippen LogP contribution is 2.46. The monoisotopic (exact) mass is 378 g/mol. The second kappa shape index (κ2) is 6.82. The number of urea groups is 1. The molecule has 2 aromatic carbocycles. The van der Waals surface area contributed by atoms with E-state index in [0.29, 0.717) is 6.61 Å². The van der Waals surface area contributed by atoms with Crippen LogP contribution in [0.4, 0.5) is 10.5 Å². The van der Waals surface area contributed by atoms with Crippen LogP contribution in [-0.2, 0) is 10.2 Å². The maximum atomic E-state index is 13.3. The van der Waals surface area contributed by atoms with Gasteiger partial charge < -0.3 is 14.8 Å². The average molecular weight is 378 g/mol. The van der Waals surface area contributed by atoms with E-state index in [1.807, 2.05) is 29.2 Å². The topological polar surface area (TPSA) is 50.8 Å². The standard InChI is InChI=1S/C23H26N2O3/c1-16(18-14-28-21-9-5-2-6-17(18)21)24-22(26)25-15-23(10-12-27-13-11-23)19-7-3-4-8-20(19)25/h2-9,16,18H,10-15H2,1H3,(H,24,26)/t16-,18+/m1/s1. The van der Waals surface area contributed by atoms with Crippen LogP contribution in [0.15, 0.2) is 48.5 Å². The number of carbonyl (C=O) groups is 1. The van der Waals surface area contributed by atoms with Gasteiger partial charge in [0.25, 0.3) is 0 Å². The molecule has 0 unspecified atom stereocenters. The molecule has 28 heavy (non-hydrogen) atoms. The highest BCUT2D eigenvalue weighted by atomic mass is 16.5. The lowest BCUT2D eigenvalue weighted by atomic mass is 9.76. The van der Waals surface area contributed by atoms with Gasteiger partial charge in [0.1, 0.15) is 5.75 Å². The number of hydrogen-bond acceptors (Lipinski definition) is 3. The average Bonchev–Trinajstić information content (AvgIpc) is 3.29. The SMILES string of the molecule is C[C@@H](NC(=O)N1CC2(CCOCC2)c2ccccc21)[C@@H]1COc2ccccc21. The van der Waals surface area contributed by atoms with E-state index in [1.54, 1.807) is 0 Å². The molecule has 0 aliphatic carbocycles. The zero-order chi connectivity index (χ0) is 19.1. The van der Waals surface area contributed by atoms with Crippen LogP contribution >= 0.6 is 0 Å². The zero-order valence-corrected chi connectivity index (χ0v) is 16.2. The van der Waals surface area contributed by atoms with Crippen molar-refractivity contribution >= 4 is 11.7 Å². The zero-order valence-electron chi connectivity index (χ0n) is 16.2. The molecule has 5 heteroatoms. The molecule has 0 aromatic heterocycles. The molecule has 3 aliphatic rings. The Balaban J connectivity index is 1.36. The lowest BCUT2D eigenvalue weighted by Crippen LogP contribution is -2.48. The Kier molecular flexibility index (Phi) is 4.27. The number of nitrogens with zero attached hydrogens (tertiary/aromatic N) is 1. The summed E-state index contributed by atoms with van der Waals surface area (Å²) in [7, 11) is 0. The number of hydrogen-bond donors (Lipinski definition) is 1. The quantitative estimate of drug-likeness (QED) is 0.864. The van der Waals surface area contributed by atoms with Crippen molar-refractivity contribution in [1.82, 2.24) is 5.32 Å². The van der Waals surface area contributed by atoms with E-state index < -0.39 is 0 Å². The van der Waals surface area contributed by atoms with E-state index in [9.17, 15) is 4.79 Å². The molecule has 1 saturated heterocycles. The van der Waals surface area contributed by atoms with Gasteiger partial charge in [-0.25, -0.2) is 4.79 Å². The van der Waals surface area contributed by atoms with Crippen LogP contribution in [0, 0.1) is 0 Å². The fourth-order valence-corrected chi connectivity index (χ4v) is 4.98. The molecule has 1 spiro atoms. The van der Waals surface area contributed by atoms with Gasteiger partial charge in [-0.3, -0.25) is 4.90 Å². The third-order valence-corrected chi connectivity index (χ3v) is 6.61. The van der Waals surface area contributed by atoms with Crippen molar-refractivity contribution in [3.8, 4) is 5.75 Å². The van der Waals surface area contributed by atoms with Gasteiger partial charge in [0.15, 0.2) is 0 Å². The van der Waals surface area contributed by atoms with Crippen LogP contribution in [0.25, 0.3) is 0 Å². The van der Waals surface area contributed by atoms with Crippen LogP contribution in [-0.4, -0.2) is 38.4 Å². The molecule has 5 nitrogen and oxygen atoms in total. The van der Waals surface area contributed by atoms with Crippen molar-refractivity contribution in [1.29, 1.82) is 0 Å². The Morgan fingerprint density at radius 2 is 1.89 bits per heavy atom. The summed E-state index contributed by atoms with van der Waals surface area (Å²) in [6, 6.07) is 16.4. The fourth-order valence-electron chi connectivity index (χ4n) is 4.98. The number of amides is 2. The lowest BCUT2D eigenvalue weighted by molar-refractivity contribution is 0.0556. The molecule has 146 valence electrons. The van der Waals surface area contributed by atoms with E-state index in [2.05, 4.69) is 36.5 Å². The number of benzene rings is 2. The Bertz CT molecular complexity index is 891. The molecule has 0 radical (unpaired) electrons. The van der Waals surface area contributed by atoms with Gasteiger partial charge in [0, 0.05) is 48.4 Å². The molecule has 2 aromatic rings. The van der Waals surface area contributed by atoms with Gasteiger partial charge in [0.2, 0.25) is 0 Å². The first-order valence-corrected chi connectivity index (χ1v) is 10.1. The van der Waals surface area contributed by atoms with E-state index in [0.717, 1.165) is 44.0 Å². The first kappa shape index (κ1) is 17.6. The van der Waals surface area contributed by atoms with Gasteiger partial charge in [-0.1, -0.05) is 36.4 Å². The van der Waals surface area contributed by atoms with Crippen molar-refractivity contribution in [2.24, 2.45) is 0 Å². The summed E-state index contributed by atoms with van der Waals surface area (Å²) in [6.07, 6.45) is 1.93. The van der Waals surface area contributed by atoms with E-state index in [1.165, 1.54) is 11.1 Å². The summed E-state index contributed by atoms with van der Waals surface area (Å²) >= 11 is 0. The highest BCUT2D eigenvalue weighted by molar-refractivity contribution is 5.95. The molecule has 0 saturated carbocycles. The summed E-state index contributed by atoms with van der Waals surface area (Å²) in [6.45, 7) is 4.93. The summed E-state index contributed by atoms with van der Waals surface area (Å²) in [4.78, 5) is 15.2. The Labute approximate surface area is 165 Å².